The van der Waals surface area contributed by atoms with Crippen molar-refractivity contribution in [1.29, 1.82) is 0 Å². The average Bonchev–Trinajstić information content (AvgIpc) is 2.81. The summed E-state index contributed by atoms with van der Waals surface area (Å²) in [7, 11) is 0. The molecule has 2 N–H and O–H groups in total. The molecule has 90 valence electrons. The van der Waals surface area contributed by atoms with Crippen LogP contribution in [0.5, 0.6) is 0 Å². The molecule has 1 aromatic carbocycles. The Morgan fingerprint density at radius 1 is 1.11 bits per heavy atom. The van der Waals surface area contributed by atoms with Crippen LogP contribution in [-0.2, 0) is 6.54 Å². The van der Waals surface area contributed by atoms with Crippen molar-refractivity contribution in [3.05, 3.63) is 53.3 Å². The van der Waals surface area contributed by atoms with E-state index in [9.17, 15) is 0 Å². The van der Waals surface area contributed by atoms with Gasteiger partial charge in [0.15, 0.2) is 5.65 Å². The smallest absolute Gasteiger partial charge is 0.153 e. The second-order valence-corrected chi connectivity index (χ2v) is 4.39. The highest BCUT2D eigenvalue weighted by Gasteiger charge is 2.05. The number of hydrogen-bond acceptors (Lipinski definition) is 3. The minimum Gasteiger partial charge on any atom is -0.325 e. The van der Waals surface area contributed by atoms with Crippen LogP contribution in [-0.4, -0.2) is 14.6 Å². The molecule has 4 nitrogen and oxygen atoms in total. The second kappa shape index (κ2) is 4.40. The number of hydrogen-bond donors (Lipinski definition) is 1. The van der Waals surface area contributed by atoms with Gasteiger partial charge in [0, 0.05) is 17.1 Å². The Morgan fingerprint density at radius 3 is 2.61 bits per heavy atom. The lowest BCUT2D eigenvalue weighted by Crippen LogP contribution is -2.04. The van der Waals surface area contributed by atoms with Gasteiger partial charge in [0.05, 0.1) is 17.6 Å². The summed E-state index contributed by atoms with van der Waals surface area (Å²) in [6.07, 6.45) is 1.74. The van der Waals surface area contributed by atoms with Gasteiger partial charge in [0.1, 0.15) is 0 Å². The van der Waals surface area contributed by atoms with Crippen LogP contribution in [0.15, 0.2) is 42.6 Å². The summed E-state index contributed by atoms with van der Waals surface area (Å²) in [5.74, 6) is 0. The Kier molecular flexibility index (Phi) is 2.74. The molecular weight excluding hydrogens is 248 g/mol. The molecule has 0 radical (unpaired) electrons. The van der Waals surface area contributed by atoms with Crippen LogP contribution in [0.3, 0.4) is 0 Å². The number of fused-ring (bicyclic) bond motifs is 1. The zero-order valence-corrected chi connectivity index (χ0v) is 10.3. The van der Waals surface area contributed by atoms with Crippen LogP contribution >= 0.6 is 11.6 Å². The predicted octanol–water partition coefficient (Wildman–Crippen LogP) is 2.51. The first-order chi connectivity index (χ1) is 8.78. The fraction of sp³-hybridized carbons (Fsp3) is 0.0769. The first-order valence-electron chi connectivity index (χ1n) is 5.57. The third-order valence-corrected chi connectivity index (χ3v) is 3.03. The molecule has 18 heavy (non-hydrogen) atoms. The summed E-state index contributed by atoms with van der Waals surface area (Å²) in [6, 6.07) is 11.4. The minimum absolute atomic E-state index is 0.415. The second-order valence-electron chi connectivity index (χ2n) is 3.95. The van der Waals surface area contributed by atoms with Crippen LogP contribution in [0, 0.1) is 0 Å². The van der Waals surface area contributed by atoms with Gasteiger partial charge < -0.3 is 5.73 Å². The molecule has 0 spiro atoms. The minimum atomic E-state index is 0.415. The first-order valence-corrected chi connectivity index (χ1v) is 5.95. The first kappa shape index (κ1) is 11.2. The third-order valence-electron chi connectivity index (χ3n) is 2.78. The summed E-state index contributed by atoms with van der Waals surface area (Å²) in [5, 5.41) is 5.25. The number of halogens is 1. The van der Waals surface area contributed by atoms with Crippen LogP contribution in [0.4, 0.5) is 0 Å². The Bertz CT molecular complexity index is 688. The molecule has 3 rings (SSSR count). The molecule has 0 fully saturated rings. The van der Waals surface area contributed by atoms with Crippen LogP contribution in [0.1, 0.15) is 5.69 Å². The molecule has 3 aromatic rings. The lowest BCUT2D eigenvalue weighted by atomic mass is 10.1. The van der Waals surface area contributed by atoms with E-state index in [-0.39, 0.29) is 0 Å². The highest BCUT2D eigenvalue weighted by atomic mass is 35.5. The lowest BCUT2D eigenvalue weighted by Gasteiger charge is -2.03. The molecular formula is C13H11ClN4. The van der Waals surface area contributed by atoms with Crippen molar-refractivity contribution in [3.8, 4) is 11.3 Å². The number of benzene rings is 1. The van der Waals surface area contributed by atoms with Gasteiger partial charge in [-0.2, -0.15) is 5.10 Å². The monoisotopic (exact) mass is 258 g/mol. The maximum Gasteiger partial charge on any atom is 0.153 e. The normalized spacial score (nSPS) is 11.0. The molecule has 0 saturated carbocycles. The van der Waals surface area contributed by atoms with Crippen LogP contribution in [0.2, 0.25) is 5.02 Å². The van der Waals surface area contributed by atoms with E-state index >= 15 is 0 Å². The highest BCUT2D eigenvalue weighted by Crippen LogP contribution is 2.20. The van der Waals surface area contributed by atoms with Gasteiger partial charge in [0.25, 0.3) is 0 Å². The summed E-state index contributed by atoms with van der Waals surface area (Å²) in [6.45, 7) is 0.415. The fourth-order valence-corrected chi connectivity index (χ4v) is 1.96. The standard InChI is InChI=1S/C13H11ClN4/c14-10-3-1-9(2-4-10)12-5-6-13-16-8-11(7-15)18(13)17-12/h1-6,8H,7,15H2. The molecule has 0 aliphatic carbocycles. The maximum absolute atomic E-state index is 5.87. The number of nitrogens with zero attached hydrogens (tertiary/aromatic N) is 3. The van der Waals surface area contributed by atoms with Gasteiger partial charge in [-0.3, -0.25) is 0 Å². The summed E-state index contributed by atoms with van der Waals surface area (Å²) in [5.41, 5.74) is 9.22. The van der Waals surface area contributed by atoms with Gasteiger partial charge in [-0.15, -0.1) is 0 Å². The van der Waals surface area contributed by atoms with Gasteiger partial charge >= 0.3 is 0 Å². The summed E-state index contributed by atoms with van der Waals surface area (Å²) >= 11 is 5.87. The van der Waals surface area contributed by atoms with Crippen molar-refractivity contribution >= 4 is 17.2 Å². The zero-order chi connectivity index (χ0) is 12.5. The highest BCUT2D eigenvalue weighted by molar-refractivity contribution is 6.30. The largest absolute Gasteiger partial charge is 0.325 e. The maximum atomic E-state index is 5.87. The molecule has 0 saturated heterocycles. The number of nitrogens with two attached hydrogens (primary N) is 1. The molecule has 2 heterocycles. The molecule has 0 amide bonds. The Hall–Kier alpha value is -1.91. The molecule has 0 aliphatic rings. The van der Waals surface area contributed by atoms with Crippen molar-refractivity contribution in [2.75, 3.05) is 0 Å². The molecule has 0 bridgehead atoms. The van der Waals surface area contributed by atoms with E-state index in [2.05, 4.69) is 10.1 Å². The van der Waals surface area contributed by atoms with Crippen molar-refractivity contribution in [2.24, 2.45) is 5.73 Å². The van der Waals surface area contributed by atoms with E-state index in [0.29, 0.717) is 11.6 Å². The number of imidazole rings is 1. The third kappa shape index (κ3) is 1.85. The van der Waals surface area contributed by atoms with E-state index in [1.807, 2.05) is 36.4 Å². The Morgan fingerprint density at radius 2 is 1.89 bits per heavy atom. The predicted molar refractivity (Wildman–Crippen MR) is 71.3 cm³/mol. The zero-order valence-electron chi connectivity index (χ0n) is 9.55. The lowest BCUT2D eigenvalue weighted by molar-refractivity contribution is 0.850. The SMILES string of the molecule is NCc1cnc2ccc(-c3ccc(Cl)cc3)nn12. The number of aromatic nitrogens is 3. The van der Waals surface area contributed by atoms with Crippen LogP contribution < -0.4 is 5.73 Å². The van der Waals surface area contributed by atoms with Gasteiger partial charge in [-0.25, -0.2) is 9.50 Å². The molecule has 5 heteroatoms. The average molecular weight is 259 g/mol. The van der Waals surface area contributed by atoms with E-state index in [0.717, 1.165) is 22.6 Å². The summed E-state index contributed by atoms with van der Waals surface area (Å²) in [4.78, 5) is 4.24. The number of rotatable bonds is 2. The molecule has 0 unspecified atom stereocenters. The van der Waals surface area contributed by atoms with Gasteiger partial charge in [0.2, 0.25) is 0 Å². The fourth-order valence-electron chi connectivity index (χ4n) is 1.83. The van der Waals surface area contributed by atoms with Crippen molar-refractivity contribution < 1.29 is 0 Å². The van der Waals surface area contributed by atoms with E-state index in [1.165, 1.54) is 0 Å². The van der Waals surface area contributed by atoms with E-state index in [1.54, 1.807) is 10.7 Å². The summed E-state index contributed by atoms with van der Waals surface area (Å²) < 4.78 is 1.77. The Labute approximate surface area is 109 Å². The molecule has 0 atom stereocenters. The molecule has 0 aliphatic heterocycles. The Balaban J connectivity index is 2.14. The van der Waals surface area contributed by atoms with Crippen molar-refractivity contribution in [3.63, 3.8) is 0 Å². The van der Waals surface area contributed by atoms with Crippen LogP contribution in [0.25, 0.3) is 16.9 Å². The molecule has 2 aromatic heterocycles. The van der Waals surface area contributed by atoms with E-state index < -0.39 is 0 Å². The van der Waals surface area contributed by atoms with E-state index in [4.69, 9.17) is 17.3 Å². The van der Waals surface area contributed by atoms with Gasteiger partial charge in [-0.05, 0) is 24.3 Å². The topological polar surface area (TPSA) is 56.2 Å². The van der Waals surface area contributed by atoms with Gasteiger partial charge in [-0.1, -0.05) is 23.7 Å². The van der Waals surface area contributed by atoms with Crippen molar-refractivity contribution in [1.82, 2.24) is 14.6 Å². The quantitative estimate of drug-likeness (QED) is 0.768. The van der Waals surface area contributed by atoms with Crippen molar-refractivity contribution in [2.45, 2.75) is 6.54 Å².